The van der Waals surface area contributed by atoms with Crippen molar-refractivity contribution in [2.75, 3.05) is 23.7 Å². The summed E-state index contributed by atoms with van der Waals surface area (Å²) >= 11 is 1.38. The van der Waals surface area contributed by atoms with Crippen LogP contribution < -0.4 is 9.62 Å². The summed E-state index contributed by atoms with van der Waals surface area (Å²) in [5, 5.41) is 3.58. The highest BCUT2D eigenvalue weighted by molar-refractivity contribution is 7.92. The molecule has 1 aromatic heterocycles. The molecule has 0 aliphatic heterocycles. The molecule has 1 amide bonds. The molecule has 0 saturated carbocycles. The highest BCUT2D eigenvalue weighted by Crippen LogP contribution is 2.30. The van der Waals surface area contributed by atoms with Crippen molar-refractivity contribution in [3.05, 3.63) is 41.8 Å². The molecule has 118 valence electrons. The van der Waals surface area contributed by atoms with Crippen molar-refractivity contribution in [2.45, 2.75) is 6.92 Å². The minimum absolute atomic E-state index is 0.155. The lowest BCUT2D eigenvalue weighted by atomic mass is 10.2. The largest absolute Gasteiger partial charge is 0.348 e. The number of rotatable bonds is 6. The number of thiophene rings is 1. The van der Waals surface area contributed by atoms with Gasteiger partial charge in [-0.25, -0.2) is 8.42 Å². The minimum atomic E-state index is -3.31. The first kappa shape index (κ1) is 16.5. The van der Waals surface area contributed by atoms with Crippen molar-refractivity contribution in [3.8, 4) is 0 Å². The molecule has 0 radical (unpaired) electrons. The average molecular weight is 338 g/mol. The molecule has 2 rings (SSSR count). The fraction of sp³-hybridized carbons (Fsp3) is 0.267. The molecular weight excluding hydrogens is 320 g/mol. The van der Waals surface area contributed by atoms with Crippen LogP contribution in [-0.4, -0.2) is 33.7 Å². The molecule has 5 nitrogen and oxygen atoms in total. The number of hydrogen-bond donors (Lipinski definition) is 1. The molecule has 0 atom stereocenters. The molecule has 2 aromatic rings. The molecule has 22 heavy (non-hydrogen) atoms. The van der Waals surface area contributed by atoms with Gasteiger partial charge in [0.2, 0.25) is 10.0 Å². The summed E-state index contributed by atoms with van der Waals surface area (Å²) in [5.74, 6) is -0.155. The number of hydrogen-bond acceptors (Lipinski definition) is 4. The van der Waals surface area contributed by atoms with Gasteiger partial charge >= 0.3 is 0 Å². The van der Waals surface area contributed by atoms with Crippen molar-refractivity contribution in [1.29, 1.82) is 0 Å². The SMILES string of the molecule is C=CCNC(=O)c1cc2cc(N(CC)S(C)(=O)=O)ccc2s1. The molecule has 0 unspecified atom stereocenters. The fourth-order valence-electron chi connectivity index (χ4n) is 2.16. The second-order valence-electron chi connectivity index (χ2n) is 4.76. The molecule has 0 spiro atoms. The summed E-state index contributed by atoms with van der Waals surface area (Å²) in [6, 6.07) is 7.17. The first-order valence-electron chi connectivity index (χ1n) is 6.77. The predicted molar refractivity (Wildman–Crippen MR) is 92.2 cm³/mol. The van der Waals surface area contributed by atoms with Crippen LogP contribution in [0.4, 0.5) is 5.69 Å². The first-order valence-corrected chi connectivity index (χ1v) is 9.43. The quantitative estimate of drug-likeness (QED) is 0.823. The van der Waals surface area contributed by atoms with Gasteiger partial charge in [0.25, 0.3) is 5.91 Å². The van der Waals surface area contributed by atoms with Crippen LogP contribution in [0.5, 0.6) is 0 Å². The predicted octanol–water partition coefficient (Wildman–Crippen LogP) is 2.60. The molecule has 0 aliphatic carbocycles. The Morgan fingerprint density at radius 3 is 2.73 bits per heavy atom. The summed E-state index contributed by atoms with van der Waals surface area (Å²) in [7, 11) is -3.31. The van der Waals surface area contributed by atoms with E-state index in [0.29, 0.717) is 23.7 Å². The lowest BCUT2D eigenvalue weighted by Crippen LogP contribution is -2.29. The summed E-state index contributed by atoms with van der Waals surface area (Å²) < 4.78 is 25.8. The Morgan fingerprint density at radius 1 is 1.41 bits per heavy atom. The van der Waals surface area contributed by atoms with Crippen LogP contribution in [0.3, 0.4) is 0 Å². The number of nitrogens with zero attached hydrogens (tertiary/aromatic N) is 1. The zero-order chi connectivity index (χ0) is 16.3. The van der Waals surface area contributed by atoms with Gasteiger partial charge in [0.05, 0.1) is 16.8 Å². The maximum Gasteiger partial charge on any atom is 0.261 e. The van der Waals surface area contributed by atoms with Gasteiger partial charge in [-0.1, -0.05) is 6.08 Å². The van der Waals surface area contributed by atoms with E-state index < -0.39 is 10.0 Å². The molecule has 1 aromatic carbocycles. The second kappa shape index (κ2) is 6.50. The van der Waals surface area contributed by atoms with E-state index in [2.05, 4.69) is 11.9 Å². The van der Waals surface area contributed by atoms with Gasteiger partial charge in [-0.15, -0.1) is 17.9 Å². The highest BCUT2D eigenvalue weighted by Gasteiger charge is 2.16. The third-order valence-corrected chi connectivity index (χ3v) is 5.49. The number of fused-ring (bicyclic) bond motifs is 1. The summed E-state index contributed by atoms with van der Waals surface area (Å²) in [6.45, 7) is 6.12. The molecule has 0 fully saturated rings. The van der Waals surface area contributed by atoms with Gasteiger partial charge in [-0.05, 0) is 36.6 Å². The van der Waals surface area contributed by atoms with E-state index >= 15 is 0 Å². The Balaban J connectivity index is 2.39. The van der Waals surface area contributed by atoms with Crippen LogP contribution in [0.2, 0.25) is 0 Å². The van der Waals surface area contributed by atoms with E-state index in [4.69, 9.17) is 0 Å². The number of amides is 1. The van der Waals surface area contributed by atoms with E-state index in [-0.39, 0.29) is 5.91 Å². The van der Waals surface area contributed by atoms with Crippen LogP contribution in [0.25, 0.3) is 10.1 Å². The number of carbonyl (C=O) groups is 1. The molecule has 1 N–H and O–H groups in total. The van der Waals surface area contributed by atoms with E-state index in [1.165, 1.54) is 21.9 Å². The molecule has 0 aliphatic rings. The van der Waals surface area contributed by atoms with E-state index in [0.717, 1.165) is 10.1 Å². The molecule has 0 bridgehead atoms. The number of nitrogens with one attached hydrogen (secondary N) is 1. The van der Waals surface area contributed by atoms with Crippen LogP contribution in [0.15, 0.2) is 36.9 Å². The Labute approximate surface area is 134 Å². The summed E-state index contributed by atoms with van der Waals surface area (Å²) in [6.07, 6.45) is 2.80. The Kier molecular flexibility index (Phi) is 4.87. The molecule has 7 heteroatoms. The van der Waals surface area contributed by atoms with Crippen LogP contribution >= 0.6 is 11.3 Å². The lowest BCUT2D eigenvalue weighted by molar-refractivity contribution is 0.0962. The van der Waals surface area contributed by atoms with Crippen molar-refractivity contribution in [1.82, 2.24) is 5.32 Å². The Hall–Kier alpha value is -1.86. The van der Waals surface area contributed by atoms with Crippen molar-refractivity contribution < 1.29 is 13.2 Å². The third kappa shape index (κ3) is 3.48. The zero-order valence-electron chi connectivity index (χ0n) is 12.5. The van der Waals surface area contributed by atoms with Crippen LogP contribution in [0.1, 0.15) is 16.6 Å². The lowest BCUT2D eigenvalue weighted by Gasteiger charge is -2.20. The summed E-state index contributed by atoms with van der Waals surface area (Å²) in [5.41, 5.74) is 0.605. The van der Waals surface area contributed by atoms with Gasteiger partial charge in [0.15, 0.2) is 0 Å². The van der Waals surface area contributed by atoms with Gasteiger partial charge < -0.3 is 5.32 Å². The van der Waals surface area contributed by atoms with Crippen molar-refractivity contribution in [3.63, 3.8) is 0 Å². The van der Waals surface area contributed by atoms with E-state index in [9.17, 15) is 13.2 Å². The van der Waals surface area contributed by atoms with Gasteiger partial charge in [0.1, 0.15) is 0 Å². The average Bonchev–Trinajstić information content (AvgIpc) is 2.87. The molecule has 1 heterocycles. The zero-order valence-corrected chi connectivity index (χ0v) is 14.1. The number of carbonyl (C=O) groups excluding carboxylic acids is 1. The normalized spacial score (nSPS) is 11.4. The Bertz CT molecular complexity index is 809. The monoisotopic (exact) mass is 338 g/mol. The molecular formula is C15H18N2O3S2. The van der Waals surface area contributed by atoms with Gasteiger partial charge in [-0.3, -0.25) is 9.10 Å². The molecule has 0 saturated heterocycles. The van der Waals surface area contributed by atoms with Crippen LogP contribution in [0, 0.1) is 0 Å². The van der Waals surface area contributed by atoms with Crippen molar-refractivity contribution in [2.24, 2.45) is 0 Å². The third-order valence-electron chi connectivity index (χ3n) is 3.11. The van der Waals surface area contributed by atoms with Gasteiger partial charge in [0, 0.05) is 17.8 Å². The maximum absolute atomic E-state index is 12.0. The number of sulfonamides is 1. The smallest absolute Gasteiger partial charge is 0.261 e. The minimum Gasteiger partial charge on any atom is -0.348 e. The maximum atomic E-state index is 12.0. The van der Waals surface area contributed by atoms with Crippen LogP contribution in [-0.2, 0) is 10.0 Å². The van der Waals surface area contributed by atoms with Gasteiger partial charge in [-0.2, -0.15) is 0 Å². The van der Waals surface area contributed by atoms with E-state index in [1.54, 1.807) is 31.2 Å². The Morgan fingerprint density at radius 2 is 2.14 bits per heavy atom. The second-order valence-corrected chi connectivity index (χ2v) is 7.75. The van der Waals surface area contributed by atoms with E-state index in [1.807, 2.05) is 6.07 Å². The highest BCUT2D eigenvalue weighted by atomic mass is 32.2. The van der Waals surface area contributed by atoms with Crippen molar-refractivity contribution >= 4 is 43.0 Å². The summed E-state index contributed by atoms with van der Waals surface area (Å²) in [4.78, 5) is 12.5. The fourth-order valence-corrected chi connectivity index (χ4v) is 4.08. The standard InChI is InChI=1S/C15H18N2O3S2/c1-4-8-16-15(18)14-10-11-9-12(6-7-13(11)21-14)17(5-2)22(3,19)20/h4,6-7,9-10H,1,5,8H2,2-3H3,(H,16,18). The number of anilines is 1. The first-order chi connectivity index (χ1) is 10.4. The topological polar surface area (TPSA) is 66.5 Å². The number of benzene rings is 1.